The largest absolute Gasteiger partial charge is 0.379 e. The van der Waals surface area contributed by atoms with E-state index in [0.717, 1.165) is 36.3 Å². The standard InChI is InChI=1S/C57H73F3N10O6.3ClH/c1-8-34(2)51(63-25-35(3)61-7)55(74)69-29-40-15-18-42(24-44(40)53(69)54(73)66-52-46(59)10-9-11-47(52)60)65-49(71)27-64-56(75)57(6)33-70(48-23-39(14-19-45(48)57)22-38-12-16-41(58)17-13-38)50(72)31-68-28-36(4)62-26-43(68)30-67-20-21-76-32-37(67)5;;;/h9-19,23-24,34-37,43,51,53,61-63H,8,20-22,25-33H2,1-7H3,(H,64,75)(H,65,71)(H,66,73);3*1H/t34-,35-,36+,37+,43+,51-,53-,57+;;;/m0.../s1. The predicted octanol–water partition coefficient (Wildman–Crippen LogP) is 6.34. The van der Waals surface area contributed by atoms with Crippen LogP contribution in [0.25, 0.3) is 0 Å². The lowest BCUT2D eigenvalue weighted by molar-refractivity contribution is -0.141. The van der Waals surface area contributed by atoms with Crippen molar-refractivity contribution in [3.63, 3.8) is 0 Å². The van der Waals surface area contributed by atoms with E-state index < -0.39 is 59.1 Å². The molecule has 0 bridgehead atoms. The first-order valence-electron chi connectivity index (χ1n) is 26.5. The van der Waals surface area contributed by atoms with E-state index in [4.69, 9.17) is 4.74 Å². The van der Waals surface area contributed by atoms with Gasteiger partial charge in [0.2, 0.25) is 23.6 Å². The van der Waals surface area contributed by atoms with Crippen molar-refractivity contribution in [1.29, 1.82) is 0 Å². The lowest BCUT2D eigenvalue weighted by Gasteiger charge is -2.43. The molecule has 5 amide bonds. The summed E-state index contributed by atoms with van der Waals surface area (Å²) in [6.45, 7) is 16.3. The zero-order chi connectivity index (χ0) is 54.4. The maximum Gasteiger partial charge on any atom is 0.252 e. The van der Waals surface area contributed by atoms with E-state index in [-0.39, 0.29) is 110 Å². The third-order valence-electron chi connectivity index (χ3n) is 15.7. The number of carbonyl (C=O) groups excluding carboxylic acids is 5. The molecule has 8 rings (SSSR count). The van der Waals surface area contributed by atoms with Gasteiger partial charge in [-0.3, -0.25) is 33.8 Å². The average molecular weight is 1160 g/mol. The SMILES string of the molecule is CC[C@H](C)[C@H](NC[C@H](C)NC)C(=O)N1Cc2ccc(NC(=O)CNC(=O)[C@]3(C)CN(C(=O)CN4C[C@@H](C)NC[C@@H]4CN4CCOC[C@H]4C)c4cc(Cc5ccc(F)cc5)ccc43)cc2[C@H]1C(=O)Nc1c(F)cccc1F.Cl.Cl.Cl. The number of nitrogens with one attached hydrogen (secondary N) is 6. The van der Waals surface area contributed by atoms with Gasteiger partial charge in [0.05, 0.1) is 37.8 Å². The fourth-order valence-electron chi connectivity index (χ4n) is 10.8. The van der Waals surface area contributed by atoms with Crippen LogP contribution in [0, 0.1) is 23.4 Å². The summed E-state index contributed by atoms with van der Waals surface area (Å²) in [6, 6.07) is 18.5. The van der Waals surface area contributed by atoms with Gasteiger partial charge < -0.3 is 46.4 Å². The highest BCUT2D eigenvalue weighted by atomic mass is 35.5. The molecule has 2 fully saturated rings. The first-order valence-corrected chi connectivity index (χ1v) is 26.5. The molecule has 0 spiro atoms. The Labute approximate surface area is 480 Å². The Kier molecular flexibility index (Phi) is 23.2. The van der Waals surface area contributed by atoms with Crippen molar-refractivity contribution in [2.75, 3.05) is 88.2 Å². The number of fused-ring (bicyclic) bond motifs is 2. The van der Waals surface area contributed by atoms with Crippen molar-refractivity contribution in [2.24, 2.45) is 5.92 Å². The molecule has 22 heteroatoms. The van der Waals surface area contributed by atoms with E-state index in [1.54, 1.807) is 42.2 Å². The molecule has 8 atom stereocenters. The Bertz CT molecular complexity index is 2770. The Morgan fingerprint density at radius 3 is 2.28 bits per heavy atom. The highest BCUT2D eigenvalue weighted by Gasteiger charge is 2.48. The van der Waals surface area contributed by atoms with Gasteiger partial charge in [-0.15, -0.1) is 37.2 Å². The Hall–Kier alpha value is -5.35. The van der Waals surface area contributed by atoms with Crippen LogP contribution < -0.4 is 36.8 Å². The summed E-state index contributed by atoms with van der Waals surface area (Å²) < 4.78 is 49.5. The summed E-state index contributed by atoms with van der Waals surface area (Å²) in [5.41, 5.74) is 2.25. The van der Waals surface area contributed by atoms with Gasteiger partial charge in [0, 0.05) is 81.4 Å². The zero-order valence-electron chi connectivity index (χ0n) is 45.8. The van der Waals surface area contributed by atoms with Gasteiger partial charge in [0.1, 0.15) is 29.2 Å². The molecule has 4 aliphatic heterocycles. The van der Waals surface area contributed by atoms with Crippen LogP contribution in [0.1, 0.15) is 81.8 Å². The number of rotatable bonds is 19. The number of nitrogens with zero attached hydrogens (tertiary/aromatic N) is 4. The maximum atomic E-state index is 14.9. The number of piperazine rings is 1. The van der Waals surface area contributed by atoms with Crippen LogP contribution in [-0.4, -0.2) is 147 Å². The van der Waals surface area contributed by atoms with E-state index in [1.165, 1.54) is 23.1 Å². The third kappa shape index (κ3) is 15.0. The molecule has 4 aliphatic rings. The van der Waals surface area contributed by atoms with Crippen molar-refractivity contribution in [2.45, 2.75) is 103 Å². The normalized spacial score (nSPS) is 21.9. The zero-order valence-corrected chi connectivity index (χ0v) is 48.3. The number of hydrogen-bond donors (Lipinski definition) is 6. The van der Waals surface area contributed by atoms with E-state index in [2.05, 4.69) is 55.5 Å². The van der Waals surface area contributed by atoms with Crippen LogP contribution >= 0.6 is 37.2 Å². The minimum Gasteiger partial charge on any atom is -0.379 e. The highest BCUT2D eigenvalue weighted by Crippen LogP contribution is 2.43. The molecular weight excluding hydrogens is 1080 g/mol. The summed E-state index contributed by atoms with van der Waals surface area (Å²) in [6.07, 6.45) is 1.11. The Morgan fingerprint density at radius 2 is 1.59 bits per heavy atom. The minimum absolute atomic E-state index is 0. The molecule has 432 valence electrons. The van der Waals surface area contributed by atoms with Gasteiger partial charge in [-0.25, -0.2) is 13.2 Å². The van der Waals surface area contributed by atoms with E-state index in [0.29, 0.717) is 68.1 Å². The van der Waals surface area contributed by atoms with Crippen LogP contribution in [0.2, 0.25) is 0 Å². The predicted molar refractivity (Wildman–Crippen MR) is 308 cm³/mol. The fourth-order valence-corrected chi connectivity index (χ4v) is 10.8. The van der Waals surface area contributed by atoms with Gasteiger partial charge in [-0.1, -0.05) is 56.7 Å². The quantitative estimate of drug-likeness (QED) is 0.0618. The number of anilines is 3. The van der Waals surface area contributed by atoms with Gasteiger partial charge in [-0.05, 0) is 117 Å². The first kappa shape index (κ1) is 64.5. The van der Waals surface area contributed by atoms with Gasteiger partial charge >= 0.3 is 0 Å². The molecule has 4 aromatic rings. The molecule has 0 aromatic heterocycles. The van der Waals surface area contributed by atoms with Crippen molar-refractivity contribution in [1.82, 2.24) is 36.0 Å². The monoisotopic (exact) mass is 1160 g/mol. The molecule has 0 radical (unpaired) electrons. The third-order valence-corrected chi connectivity index (χ3v) is 15.7. The molecule has 16 nitrogen and oxygen atoms in total. The highest BCUT2D eigenvalue weighted by molar-refractivity contribution is 6.04. The molecule has 0 saturated carbocycles. The van der Waals surface area contributed by atoms with Crippen LogP contribution in [-0.2, 0) is 47.1 Å². The molecule has 79 heavy (non-hydrogen) atoms. The molecule has 4 aromatic carbocycles. The maximum absolute atomic E-state index is 14.9. The molecule has 2 saturated heterocycles. The van der Waals surface area contributed by atoms with Crippen LogP contribution in [0.5, 0.6) is 0 Å². The molecule has 0 unspecified atom stereocenters. The summed E-state index contributed by atoms with van der Waals surface area (Å²) in [5.74, 6) is -4.91. The summed E-state index contributed by atoms with van der Waals surface area (Å²) in [7, 11) is 1.81. The molecule has 4 heterocycles. The summed E-state index contributed by atoms with van der Waals surface area (Å²) >= 11 is 0. The second-order valence-electron chi connectivity index (χ2n) is 21.3. The number of hydrogen-bond acceptors (Lipinski definition) is 11. The second-order valence-corrected chi connectivity index (χ2v) is 21.3. The van der Waals surface area contributed by atoms with Crippen LogP contribution in [0.3, 0.4) is 0 Å². The van der Waals surface area contributed by atoms with E-state index in [1.807, 2.05) is 46.0 Å². The van der Waals surface area contributed by atoms with Crippen molar-refractivity contribution in [3.8, 4) is 0 Å². The van der Waals surface area contributed by atoms with Crippen molar-refractivity contribution < 1.29 is 41.9 Å². The van der Waals surface area contributed by atoms with Crippen molar-refractivity contribution in [3.05, 3.63) is 124 Å². The van der Waals surface area contributed by atoms with E-state index in [9.17, 15) is 37.1 Å². The Balaban J connectivity index is 0.00000383. The number of amides is 5. The number of carbonyl (C=O) groups is 5. The van der Waals surface area contributed by atoms with Crippen molar-refractivity contribution >= 4 is 83.8 Å². The van der Waals surface area contributed by atoms with Crippen LogP contribution in [0.15, 0.2) is 78.9 Å². The number of benzene rings is 4. The van der Waals surface area contributed by atoms with Gasteiger partial charge in [0.25, 0.3) is 5.91 Å². The molecule has 6 N–H and O–H groups in total. The average Bonchev–Trinajstić information content (AvgIpc) is 4.03. The topological polar surface area (TPSA) is 180 Å². The van der Waals surface area contributed by atoms with Crippen LogP contribution in [0.4, 0.5) is 30.2 Å². The number of para-hydroxylation sites is 1. The molecular formula is C57H76Cl3F3N10O6. The summed E-state index contributed by atoms with van der Waals surface area (Å²) in [4.78, 5) is 79.6. The first-order chi connectivity index (χ1) is 36.4. The smallest absolute Gasteiger partial charge is 0.252 e. The Morgan fingerprint density at radius 1 is 0.886 bits per heavy atom. The number of ether oxygens (including phenoxy) is 1. The number of halogens is 6. The molecule has 0 aliphatic carbocycles. The van der Waals surface area contributed by atoms with Gasteiger partial charge in [0.15, 0.2) is 0 Å². The fraction of sp³-hybridized carbons (Fsp3) is 0.491. The minimum atomic E-state index is -1.33. The lowest BCUT2D eigenvalue weighted by Crippen LogP contribution is -2.62. The summed E-state index contributed by atoms with van der Waals surface area (Å²) in [5, 5.41) is 18.1. The van der Waals surface area contributed by atoms with Gasteiger partial charge in [-0.2, -0.15) is 0 Å². The lowest BCUT2D eigenvalue weighted by atomic mass is 9.83. The number of morpholine rings is 1. The second kappa shape index (κ2) is 28.4. The number of likely N-dealkylation sites (N-methyl/N-ethyl adjacent to an activating group) is 1. The van der Waals surface area contributed by atoms with E-state index >= 15 is 0 Å².